The highest BCUT2D eigenvalue weighted by atomic mass is 16.5. The Labute approximate surface area is 158 Å². The summed E-state index contributed by atoms with van der Waals surface area (Å²) in [4.78, 5) is 11.0. The van der Waals surface area contributed by atoms with Gasteiger partial charge in [0.15, 0.2) is 0 Å². The van der Waals surface area contributed by atoms with E-state index in [1.165, 1.54) is 6.92 Å². The molecule has 150 valence electrons. The van der Waals surface area contributed by atoms with Crippen LogP contribution in [0.4, 0.5) is 0 Å². The molecule has 0 amide bonds. The highest BCUT2D eigenvalue weighted by Crippen LogP contribution is 2.32. The highest BCUT2D eigenvalue weighted by Gasteiger charge is 2.30. The summed E-state index contributed by atoms with van der Waals surface area (Å²) in [7, 11) is 1.82. The summed E-state index contributed by atoms with van der Waals surface area (Å²) in [5.74, 6) is -0.164. The molecule has 3 rings (SSSR count). The van der Waals surface area contributed by atoms with Gasteiger partial charge in [0.2, 0.25) is 0 Å². The smallest absolute Gasteiger partial charge is 0.302 e. The van der Waals surface area contributed by atoms with E-state index in [0.717, 1.165) is 77.0 Å². The first-order valence-electron chi connectivity index (χ1n) is 10.6. The average Bonchev–Trinajstić information content (AvgIpc) is 2.65. The highest BCUT2D eigenvalue weighted by molar-refractivity contribution is 5.66. The van der Waals surface area contributed by atoms with E-state index in [-0.39, 0.29) is 12.1 Å². The topological polar surface area (TPSA) is 54.0 Å². The van der Waals surface area contributed by atoms with Crippen LogP contribution in [0.25, 0.3) is 0 Å². The van der Waals surface area contributed by atoms with Crippen molar-refractivity contribution < 1.29 is 23.7 Å². The monoisotopic (exact) mass is 368 g/mol. The molecular formula is C21H36O5. The summed E-state index contributed by atoms with van der Waals surface area (Å²) in [6.07, 6.45) is 15.0. The quantitative estimate of drug-likeness (QED) is 0.659. The summed E-state index contributed by atoms with van der Waals surface area (Å²) in [5.41, 5.74) is 0. The Kier molecular flexibility index (Phi) is 7.77. The normalized spacial score (nSPS) is 38.7. The first kappa shape index (κ1) is 20.1. The molecule has 5 heteroatoms. The number of methoxy groups -OCH3 is 1. The van der Waals surface area contributed by atoms with E-state index in [1.807, 2.05) is 7.11 Å². The lowest BCUT2D eigenvalue weighted by molar-refractivity contribution is -0.150. The molecule has 26 heavy (non-hydrogen) atoms. The van der Waals surface area contributed by atoms with Gasteiger partial charge >= 0.3 is 5.97 Å². The van der Waals surface area contributed by atoms with Gasteiger partial charge in [0, 0.05) is 14.0 Å². The number of carbonyl (C=O) groups excluding carboxylic acids is 1. The van der Waals surface area contributed by atoms with Gasteiger partial charge in [-0.2, -0.15) is 0 Å². The Balaban J connectivity index is 1.29. The lowest BCUT2D eigenvalue weighted by Gasteiger charge is -2.36. The first-order chi connectivity index (χ1) is 12.6. The summed E-state index contributed by atoms with van der Waals surface area (Å²) in [5, 5.41) is 0. The van der Waals surface area contributed by atoms with Crippen LogP contribution in [0.3, 0.4) is 0 Å². The molecule has 5 nitrogen and oxygen atoms in total. The third-order valence-corrected chi connectivity index (χ3v) is 6.30. The van der Waals surface area contributed by atoms with Gasteiger partial charge in [-0.15, -0.1) is 0 Å². The Morgan fingerprint density at radius 3 is 1.19 bits per heavy atom. The zero-order valence-corrected chi connectivity index (χ0v) is 16.5. The Morgan fingerprint density at radius 1 is 0.577 bits per heavy atom. The number of hydrogen-bond donors (Lipinski definition) is 0. The van der Waals surface area contributed by atoms with Crippen LogP contribution in [-0.2, 0) is 23.7 Å². The van der Waals surface area contributed by atoms with Gasteiger partial charge in [-0.25, -0.2) is 0 Å². The molecule has 0 N–H and O–H groups in total. The van der Waals surface area contributed by atoms with Crippen molar-refractivity contribution in [3.63, 3.8) is 0 Å². The maximum atomic E-state index is 11.0. The second-order valence-electron chi connectivity index (χ2n) is 8.31. The van der Waals surface area contributed by atoms with E-state index >= 15 is 0 Å². The van der Waals surface area contributed by atoms with Gasteiger partial charge in [-0.05, 0) is 77.0 Å². The fourth-order valence-electron chi connectivity index (χ4n) is 4.77. The Morgan fingerprint density at radius 2 is 0.885 bits per heavy atom. The zero-order chi connectivity index (χ0) is 18.4. The number of carbonyl (C=O) groups is 1. The maximum absolute atomic E-state index is 11.0. The molecule has 0 heterocycles. The van der Waals surface area contributed by atoms with Crippen LogP contribution in [0.5, 0.6) is 0 Å². The van der Waals surface area contributed by atoms with Crippen LogP contribution in [0.2, 0.25) is 0 Å². The van der Waals surface area contributed by atoms with E-state index in [1.54, 1.807) is 0 Å². The van der Waals surface area contributed by atoms with E-state index in [0.29, 0.717) is 30.5 Å². The molecule has 3 fully saturated rings. The molecule has 0 aromatic heterocycles. The molecule has 0 unspecified atom stereocenters. The predicted molar refractivity (Wildman–Crippen MR) is 99.1 cm³/mol. The van der Waals surface area contributed by atoms with Crippen molar-refractivity contribution in [2.75, 3.05) is 7.11 Å². The molecule has 0 aromatic carbocycles. The molecule has 3 aliphatic rings. The van der Waals surface area contributed by atoms with Crippen molar-refractivity contribution in [1.29, 1.82) is 0 Å². The number of hydrogen-bond acceptors (Lipinski definition) is 5. The molecule has 0 bridgehead atoms. The van der Waals surface area contributed by atoms with Gasteiger partial charge in [0.25, 0.3) is 0 Å². The number of esters is 1. The SMILES string of the molecule is COC1CCC(OC2CCC(OC3CCC(OC(C)=O)CC3)CC2)CC1. The second-order valence-corrected chi connectivity index (χ2v) is 8.31. The fraction of sp³-hybridized carbons (Fsp3) is 0.952. The van der Waals surface area contributed by atoms with Crippen LogP contribution in [0.15, 0.2) is 0 Å². The first-order valence-corrected chi connectivity index (χ1v) is 10.6. The van der Waals surface area contributed by atoms with Crippen molar-refractivity contribution >= 4 is 5.97 Å². The van der Waals surface area contributed by atoms with Crippen LogP contribution in [0, 0.1) is 0 Å². The lowest BCUT2D eigenvalue weighted by atomic mass is 9.91. The molecule has 3 aliphatic carbocycles. The van der Waals surface area contributed by atoms with Gasteiger partial charge in [0.1, 0.15) is 6.10 Å². The van der Waals surface area contributed by atoms with E-state index in [9.17, 15) is 4.79 Å². The standard InChI is InChI=1S/C21H36O5/c1-15(22)24-17-7-9-19(10-8-17)26-21-13-11-20(12-14-21)25-18-5-3-16(23-2)4-6-18/h16-21H,3-14H2,1-2H3. The van der Waals surface area contributed by atoms with Crippen LogP contribution in [0.1, 0.15) is 84.0 Å². The summed E-state index contributed by atoms with van der Waals surface area (Å²) < 4.78 is 23.4. The third kappa shape index (κ3) is 6.21. The predicted octanol–water partition coefficient (Wildman–Crippen LogP) is 4.16. The van der Waals surface area contributed by atoms with Crippen molar-refractivity contribution in [3.8, 4) is 0 Å². The third-order valence-electron chi connectivity index (χ3n) is 6.30. The number of rotatable bonds is 6. The average molecular weight is 369 g/mol. The second kappa shape index (κ2) is 10.0. The van der Waals surface area contributed by atoms with Crippen molar-refractivity contribution in [1.82, 2.24) is 0 Å². The van der Waals surface area contributed by atoms with E-state index < -0.39 is 0 Å². The molecule has 3 saturated carbocycles. The van der Waals surface area contributed by atoms with Crippen LogP contribution < -0.4 is 0 Å². The van der Waals surface area contributed by atoms with Crippen LogP contribution >= 0.6 is 0 Å². The fourth-order valence-corrected chi connectivity index (χ4v) is 4.77. The summed E-state index contributed by atoms with van der Waals surface area (Å²) in [6.45, 7) is 1.49. The minimum absolute atomic E-state index is 0.102. The molecule has 0 aromatic rings. The van der Waals surface area contributed by atoms with Crippen LogP contribution in [-0.4, -0.2) is 49.7 Å². The largest absolute Gasteiger partial charge is 0.463 e. The van der Waals surface area contributed by atoms with Gasteiger partial charge in [-0.3, -0.25) is 4.79 Å². The lowest BCUT2D eigenvalue weighted by Crippen LogP contribution is -2.35. The van der Waals surface area contributed by atoms with Crippen molar-refractivity contribution in [3.05, 3.63) is 0 Å². The Hall–Kier alpha value is -0.650. The van der Waals surface area contributed by atoms with Gasteiger partial charge in [-0.1, -0.05) is 0 Å². The van der Waals surface area contributed by atoms with E-state index in [4.69, 9.17) is 18.9 Å². The van der Waals surface area contributed by atoms with Gasteiger partial charge in [0.05, 0.1) is 30.5 Å². The molecule has 0 atom stereocenters. The molecule has 0 aliphatic heterocycles. The van der Waals surface area contributed by atoms with Crippen molar-refractivity contribution in [2.45, 2.75) is 121 Å². The molecule has 0 spiro atoms. The van der Waals surface area contributed by atoms with Gasteiger partial charge < -0.3 is 18.9 Å². The minimum atomic E-state index is -0.164. The Bertz CT molecular complexity index is 416. The molecule has 0 radical (unpaired) electrons. The van der Waals surface area contributed by atoms with Crippen molar-refractivity contribution in [2.24, 2.45) is 0 Å². The van der Waals surface area contributed by atoms with E-state index in [2.05, 4.69) is 0 Å². The zero-order valence-electron chi connectivity index (χ0n) is 16.5. The molecular weight excluding hydrogens is 332 g/mol. The minimum Gasteiger partial charge on any atom is -0.463 e. The summed E-state index contributed by atoms with van der Waals surface area (Å²) >= 11 is 0. The maximum Gasteiger partial charge on any atom is 0.302 e. The summed E-state index contributed by atoms with van der Waals surface area (Å²) in [6, 6.07) is 0. The molecule has 0 saturated heterocycles. The number of ether oxygens (including phenoxy) is 4.